The van der Waals surface area contributed by atoms with Crippen LogP contribution in [0.2, 0.25) is 0 Å². The summed E-state index contributed by atoms with van der Waals surface area (Å²) in [6, 6.07) is 0. The number of carbonyl (C=O) groups is 1. The average molecular weight is 112 g/mol. The smallest absolute Gasteiger partial charge is 0.120 e. The summed E-state index contributed by atoms with van der Waals surface area (Å²) in [5, 5.41) is 0. The van der Waals surface area contributed by atoms with Crippen molar-refractivity contribution in [3.63, 3.8) is 0 Å². The minimum atomic E-state index is 0.477. The zero-order chi connectivity index (χ0) is 6.41. The van der Waals surface area contributed by atoms with E-state index in [0.29, 0.717) is 12.3 Å². The highest BCUT2D eigenvalue weighted by Crippen LogP contribution is 2.03. The van der Waals surface area contributed by atoms with Gasteiger partial charge in [-0.05, 0) is 12.3 Å². The summed E-state index contributed by atoms with van der Waals surface area (Å²) in [6.45, 7) is 5.60. The van der Waals surface area contributed by atoms with Crippen molar-refractivity contribution in [3.05, 3.63) is 12.7 Å². The van der Waals surface area contributed by atoms with Gasteiger partial charge in [-0.1, -0.05) is 13.0 Å². The second-order valence-electron chi connectivity index (χ2n) is 2.03. The molecule has 0 aromatic rings. The van der Waals surface area contributed by atoms with Crippen molar-refractivity contribution in [3.8, 4) is 0 Å². The predicted molar refractivity (Wildman–Crippen MR) is 34.7 cm³/mol. The maximum Gasteiger partial charge on any atom is 0.120 e. The van der Waals surface area contributed by atoms with Gasteiger partial charge in [0.25, 0.3) is 0 Å². The summed E-state index contributed by atoms with van der Waals surface area (Å²) in [6.07, 6.45) is 4.40. The molecule has 0 N–H and O–H groups in total. The van der Waals surface area contributed by atoms with Crippen LogP contribution in [0.1, 0.15) is 19.8 Å². The Labute approximate surface area is 50.4 Å². The van der Waals surface area contributed by atoms with Crippen molar-refractivity contribution < 1.29 is 4.79 Å². The van der Waals surface area contributed by atoms with Crippen LogP contribution in [0.25, 0.3) is 0 Å². The van der Waals surface area contributed by atoms with Crippen LogP contribution >= 0.6 is 0 Å². The quantitative estimate of drug-likeness (QED) is 0.400. The molecule has 0 aromatic heterocycles. The Morgan fingerprint density at radius 1 is 1.62 bits per heavy atom. The summed E-state index contributed by atoms with van der Waals surface area (Å²) >= 11 is 0. The third kappa shape index (κ3) is 3.59. The molecule has 0 rings (SSSR count). The highest BCUT2D eigenvalue weighted by Gasteiger charge is 1.94. The van der Waals surface area contributed by atoms with Crippen LogP contribution in [0.4, 0.5) is 0 Å². The molecule has 1 heteroatoms. The minimum absolute atomic E-state index is 0.477. The molecule has 1 nitrogen and oxygen atoms in total. The van der Waals surface area contributed by atoms with Gasteiger partial charge < -0.3 is 4.79 Å². The Morgan fingerprint density at radius 3 is 2.62 bits per heavy atom. The molecule has 0 fully saturated rings. The van der Waals surface area contributed by atoms with Gasteiger partial charge >= 0.3 is 0 Å². The minimum Gasteiger partial charge on any atom is -0.303 e. The second-order valence-corrected chi connectivity index (χ2v) is 2.03. The van der Waals surface area contributed by atoms with Crippen molar-refractivity contribution in [2.45, 2.75) is 19.8 Å². The summed E-state index contributed by atoms with van der Waals surface area (Å²) < 4.78 is 0. The molecular weight excluding hydrogens is 100 g/mol. The SMILES string of the molecule is C=CC[C@@H](C)CC=O. The van der Waals surface area contributed by atoms with Gasteiger partial charge in [-0.15, -0.1) is 6.58 Å². The molecule has 0 aliphatic rings. The van der Waals surface area contributed by atoms with Crippen LogP contribution in [0, 0.1) is 5.92 Å². The van der Waals surface area contributed by atoms with E-state index in [9.17, 15) is 4.79 Å². The van der Waals surface area contributed by atoms with Crippen molar-refractivity contribution >= 4 is 6.29 Å². The number of rotatable bonds is 4. The van der Waals surface area contributed by atoms with E-state index in [4.69, 9.17) is 0 Å². The van der Waals surface area contributed by atoms with E-state index < -0.39 is 0 Å². The lowest BCUT2D eigenvalue weighted by Crippen LogP contribution is -1.91. The van der Waals surface area contributed by atoms with Crippen LogP contribution in [-0.2, 0) is 4.79 Å². The molecule has 0 heterocycles. The first-order valence-electron chi connectivity index (χ1n) is 2.85. The molecule has 8 heavy (non-hydrogen) atoms. The van der Waals surface area contributed by atoms with Crippen LogP contribution < -0.4 is 0 Å². The fourth-order valence-electron chi connectivity index (χ4n) is 0.545. The third-order valence-electron chi connectivity index (χ3n) is 1.07. The molecule has 0 spiro atoms. The Hall–Kier alpha value is -0.590. The lowest BCUT2D eigenvalue weighted by Gasteiger charge is -1.99. The van der Waals surface area contributed by atoms with E-state index in [0.717, 1.165) is 12.7 Å². The summed E-state index contributed by atoms with van der Waals surface area (Å²) in [5.74, 6) is 0.477. The molecule has 0 aliphatic carbocycles. The van der Waals surface area contributed by atoms with E-state index in [1.807, 2.05) is 13.0 Å². The number of hydrogen-bond donors (Lipinski definition) is 0. The maximum atomic E-state index is 9.86. The van der Waals surface area contributed by atoms with Crippen LogP contribution in [0.15, 0.2) is 12.7 Å². The first-order valence-corrected chi connectivity index (χ1v) is 2.85. The molecule has 0 saturated carbocycles. The predicted octanol–water partition coefficient (Wildman–Crippen LogP) is 1.79. The lowest BCUT2D eigenvalue weighted by atomic mass is 10.1. The van der Waals surface area contributed by atoms with Crippen molar-refractivity contribution in [1.82, 2.24) is 0 Å². The fraction of sp³-hybridized carbons (Fsp3) is 0.571. The molecule has 0 aliphatic heterocycles. The summed E-state index contributed by atoms with van der Waals surface area (Å²) in [7, 11) is 0. The maximum absolute atomic E-state index is 9.86. The number of aldehydes is 1. The normalized spacial score (nSPS) is 12.6. The number of hydrogen-bond acceptors (Lipinski definition) is 1. The molecule has 46 valence electrons. The first kappa shape index (κ1) is 7.41. The van der Waals surface area contributed by atoms with E-state index in [-0.39, 0.29) is 0 Å². The van der Waals surface area contributed by atoms with Crippen LogP contribution in [0.3, 0.4) is 0 Å². The van der Waals surface area contributed by atoms with Gasteiger partial charge in [0.2, 0.25) is 0 Å². The third-order valence-corrected chi connectivity index (χ3v) is 1.07. The number of allylic oxidation sites excluding steroid dienone is 1. The number of carbonyl (C=O) groups excluding carboxylic acids is 1. The fourth-order valence-corrected chi connectivity index (χ4v) is 0.545. The largest absolute Gasteiger partial charge is 0.303 e. The second kappa shape index (κ2) is 4.57. The van der Waals surface area contributed by atoms with Gasteiger partial charge in [-0.25, -0.2) is 0 Å². The molecule has 0 bridgehead atoms. The zero-order valence-corrected chi connectivity index (χ0v) is 5.26. The monoisotopic (exact) mass is 112 g/mol. The highest BCUT2D eigenvalue weighted by molar-refractivity contribution is 5.49. The Morgan fingerprint density at radius 2 is 2.25 bits per heavy atom. The van der Waals surface area contributed by atoms with E-state index in [1.54, 1.807) is 0 Å². The van der Waals surface area contributed by atoms with E-state index in [2.05, 4.69) is 6.58 Å². The molecule has 0 unspecified atom stereocenters. The van der Waals surface area contributed by atoms with Gasteiger partial charge in [-0.3, -0.25) is 0 Å². The van der Waals surface area contributed by atoms with Crippen LogP contribution in [0.5, 0.6) is 0 Å². The van der Waals surface area contributed by atoms with Gasteiger partial charge in [0.1, 0.15) is 6.29 Å². The molecule has 0 saturated heterocycles. The Kier molecular flexibility index (Phi) is 4.23. The Balaban J connectivity index is 3.16. The average Bonchev–Trinajstić information content (AvgIpc) is 1.68. The van der Waals surface area contributed by atoms with Crippen molar-refractivity contribution in [1.29, 1.82) is 0 Å². The summed E-state index contributed by atoms with van der Waals surface area (Å²) in [5.41, 5.74) is 0. The van der Waals surface area contributed by atoms with Gasteiger partial charge in [0, 0.05) is 6.42 Å². The lowest BCUT2D eigenvalue weighted by molar-refractivity contribution is -0.108. The molecular formula is C7H12O. The standard InChI is InChI=1S/C7H12O/c1-3-4-7(2)5-6-8/h3,6-7H,1,4-5H2,2H3/t7-/m1/s1. The van der Waals surface area contributed by atoms with Gasteiger partial charge in [-0.2, -0.15) is 0 Å². The Bertz CT molecular complexity index is 66.5. The first-order chi connectivity index (χ1) is 3.81. The van der Waals surface area contributed by atoms with E-state index >= 15 is 0 Å². The summed E-state index contributed by atoms with van der Waals surface area (Å²) in [4.78, 5) is 9.86. The molecule has 0 amide bonds. The van der Waals surface area contributed by atoms with Gasteiger partial charge in [0.05, 0.1) is 0 Å². The molecule has 0 aromatic carbocycles. The van der Waals surface area contributed by atoms with Crippen molar-refractivity contribution in [2.24, 2.45) is 5.92 Å². The van der Waals surface area contributed by atoms with Gasteiger partial charge in [0.15, 0.2) is 0 Å². The topological polar surface area (TPSA) is 17.1 Å². The molecule has 1 atom stereocenters. The van der Waals surface area contributed by atoms with Crippen LogP contribution in [-0.4, -0.2) is 6.29 Å². The zero-order valence-electron chi connectivity index (χ0n) is 5.26. The van der Waals surface area contributed by atoms with E-state index in [1.165, 1.54) is 0 Å². The highest BCUT2D eigenvalue weighted by atomic mass is 16.1. The van der Waals surface area contributed by atoms with Crippen molar-refractivity contribution in [2.75, 3.05) is 0 Å². The molecule has 0 radical (unpaired) electrons.